The number of thioether (sulfide) groups is 1. The summed E-state index contributed by atoms with van der Waals surface area (Å²) in [6.45, 7) is 4.17. The molecular weight excluding hydrogens is 346 g/mol. The van der Waals surface area contributed by atoms with Gasteiger partial charge in [-0.1, -0.05) is 47.7 Å². The van der Waals surface area contributed by atoms with Crippen LogP contribution < -0.4 is 0 Å². The second-order valence-corrected chi connectivity index (χ2v) is 6.87. The predicted molar refractivity (Wildman–Crippen MR) is 100 cm³/mol. The molecule has 6 nitrogen and oxygen atoms in total. The first-order valence-electron chi connectivity index (χ1n) is 8.19. The van der Waals surface area contributed by atoms with Crippen LogP contribution in [0.4, 0.5) is 0 Å². The van der Waals surface area contributed by atoms with Crippen molar-refractivity contribution in [3.63, 3.8) is 0 Å². The van der Waals surface area contributed by atoms with Crippen LogP contribution in [0, 0.1) is 13.8 Å². The second-order valence-electron chi connectivity index (χ2n) is 5.93. The van der Waals surface area contributed by atoms with Crippen LogP contribution in [0.25, 0.3) is 17.1 Å². The highest BCUT2D eigenvalue weighted by atomic mass is 32.2. The Bertz CT molecular complexity index is 1030. The summed E-state index contributed by atoms with van der Waals surface area (Å²) < 4.78 is 7.73. The summed E-state index contributed by atoms with van der Waals surface area (Å²) in [5, 5.41) is 17.3. The van der Waals surface area contributed by atoms with Crippen molar-refractivity contribution in [3.8, 4) is 17.1 Å². The van der Waals surface area contributed by atoms with E-state index < -0.39 is 0 Å². The van der Waals surface area contributed by atoms with Crippen LogP contribution in [0.15, 0.2) is 64.4 Å². The van der Waals surface area contributed by atoms with E-state index in [1.807, 2.05) is 34.9 Å². The van der Waals surface area contributed by atoms with Crippen molar-refractivity contribution in [2.45, 2.75) is 24.8 Å². The largest absolute Gasteiger partial charge is 0.420 e. The number of hydrogen-bond acceptors (Lipinski definition) is 6. The van der Waals surface area contributed by atoms with Gasteiger partial charge in [-0.05, 0) is 37.6 Å². The van der Waals surface area contributed by atoms with Crippen LogP contribution in [0.5, 0.6) is 0 Å². The molecule has 4 aromatic rings. The zero-order valence-electron chi connectivity index (χ0n) is 14.5. The molecule has 0 saturated heterocycles. The molecule has 0 bridgehead atoms. The number of hydrogen-bond donors (Lipinski definition) is 0. The molecule has 130 valence electrons. The van der Waals surface area contributed by atoms with Gasteiger partial charge in [0.05, 0.1) is 11.4 Å². The van der Waals surface area contributed by atoms with Crippen LogP contribution in [-0.4, -0.2) is 25.0 Å². The highest BCUT2D eigenvalue weighted by Gasteiger charge is 2.13. The lowest BCUT2D eigenvalue weighted by Crippen LogP contribution is -1.98. The summed E-state index contributed by atoms with van der Waals surface area (Å²) in [6.07, 6.45) is 1.73. The van der Waals surface area contributed by atoms with Crippen molar-refractivity contribution in [2.24, 2.45) is 0 Å². The Kier molecular flexibility index (Phi) is 4.53. The Hall–Kier alpha value is -2.93. The minimum atomic E-state index is 0.525. The van der Waals surface area contributed by atoms with Crippen molar-refractivity contribution in [1.29, 1.82) is 0 Å². The van der Waals surface area contributed by atoms with E-state index in [-0.39, 0.29) is 0 Å². The Morgan fingerprint density at radius 3 is 2.65 bits per heavy atom. The smallest absolute Gasteiger partial charge is 0.247 e. The van der Waals surface area contributed by atoms with Crippen LogP contribution in [0.3, 0.4) is 0 Å². The molecule has 4 rings (SSSR count). The monoisotopic (exact) mass is 363 g/mol. The third-order valence-electron chi connectivity index (χ3n) is 3.94. The number of rotatable bonds is 5. The van der Waals surface area contributed by atoms with Gasteiger partial charge >= 0.3 is 0 Å². The third-order valence-corrected chi connectivity index (χ3v) is 4.87. The van der Waals surface area contributed by atoms with Gasteiger partial charge < -0.3 is 4.42 Å². The van der Waals surface area contributed by atoms with Gasteiger partial charge in [-0.15, -0.1) is 20.4 Å². The lowest BCUT2D eigenvalue weighted by Gasteiger charge is -2.09. The molecule has 0 saturated carbocycles. The molecule has 0 unspecified atom stereocenters. The van der Waals surface area contributed by atoms with Gasteiger partial charge in [0.2, 0.25) is 11.8 Å². The van der Waals surface area contributed by atoms with Gasteiger partial charge in [0.25, 0.3) is 0 Å². The number of nitrogens with zero attached hydrogens (tertiary/aromatic N) is 5. The molecule has 2 aromatic heterocycles. The fourth-order valence-electron chi connectivity index (χ4n) is 2.70. The topological polar surface area (TPSA) is 69.6 Å². The number of benzene rings is 2. The first kappa shape index (κ1) is 16.5. The predicted octanol–water partition coefficient (Wildman–Crippen LogP) is 4.23. The van der Waals surface area contributed by atoms with E-state index in [0.717, 1.165) is 16.4 Å². The summed E-state index contributed by atoms with van der Waals surface area (Å²) >= 11 is 1.52. The van der Waals surface area contributed by atoms with E-state index in [2.05, 4.69) is 52.4 Å². The van der Waals surface area contributed by atoms with E-state index in [0.29, 0.717) is 17.5 Å². The first-order valence-corrected chi connectivity index (χ1v) is 9.17. The summed E-state index contributed by atoms with van der Waals surface area (Å²) in [4.78, 5) is 0. The normalized spacial score (nSPS) is 11.0. The van der Waals surface area contributed by atoms with Crippen LogP contribution in [-0.2, 0) is 5.75 Å². The minimum absolute atomic E-state index is 0.525. The number of aryl methyl sites for hydroxylation is 2. The lowest BCUT2D eigenvalue weighted by molar-refractivity contribution is 0.528. The molecule has 26 heavy (non-hydrogen) atoms. The molecular formula is C19H17N5OS. The Balaban J connectivity index is 1.51. The summed E-state index contributed by atoms with van der Waals surface area (Å²) in [5.74, 6) is 1.62. The van der Waals surface area contributed by atoms with E-state index in [1.165, 1.54) is 22.9 Å². The van der Waals surface area contributed by atoms with Crippen molar-refractivity contribution in [3.05, 3.63) is 71.9 Å². The molecule has 0 aliphatic rings. The Labute approximate surface area is 155 Å². The SMILES string of the molecule is Cc1ccc(-n2cnnc2SCc2nnc(-c3ccccc3)o2)c(C)c1. The van der Waals surface area contributed by atoms with Crippen molar-refractivity contribution in [2.75, 3.05) is 0 Å². The van der Waals surface area contributed by atoms with Crippen LogP contribution in [0.2, 0.25) is 0 Å². The highest BCUT2D eigenvalue weighted by Crippen LogP contribution is 2.26. The summed E-state index contributed by atoms with van der Waals surface area (Å²) in [5.41, 5.74) is 4.39. The average Bonchev–Trinajstić information content (AvgIpc) is 3.30. The molecule has 0 radical (unpaired) electrons. The van der Waals surface area contributed by atoms with Crippen LogP contribution >= 0.6 is 11.8 Å². The molecule has 0 aliphatic carbocycles. The summed E-state index contributed by atoms with van der Waals surface area (Å²) in [6, 6.07) is 16.0. The van der Waals surface area contributed by atoms with E-state index in [1.54, 1.807) is 6.33 Å². The van der Waals surface area contributed by atoms with E-state index in [9.17, 15) is 0 Å². The molecule has 2 heterocycles. The maximum absolute atomic E-state index is 5.75. The lowest BCUT2D eigenvalue weighted by atomic mass is 10.1. The molecule has 2 aromatic carbocycles. The van der Waals surface area contributed by atoms with E-state index >= 15 is 0 Å². The molecule has 7 heteroatoms. The van der Waals surface area contributed by atoms with Gasteiger partial charge in [0.1, 0.15) is 6.33 Å². The summed E-state index contributed by atoms with van der Waals surface area (Å²) in [7, 11) is 0. The van der Waals surface area contributed by atoms with Gasteiger partial charge in [-0.2, -0.15) is 0 Å². The Morgan fingerprint density at radius 2 is 1.85 bits per heavy atom. The quantitative estimate of drug-likeness (QED) is 0.494. The minimum Gasteiger partial charge on any atom is -0.420 e. The molecule has 0 atom stereocenters. The maximum Gasteiger partial charge on any atom is 0.247 e. The second kappa shape index (κ2) is 7.13. The zero-order chi connectivity index (χ0) is 17.9. The average molecular weight is 363 g/mol. The van der Waals surface area contributed by atoms with Gasteiger partial charge in [0.15, 0.2) is 5.16 Å². The third kappa shape index (κ3) is 3.39. The molecule has 0 N–H and O–H groups in total. The molecule has 0 spiro atoms. The maximum atomic E-state index is 5.75. The Morgan fingerprint density at radius 1 is 1.00 bits per heavy atom. The molecule has 0 fully saturated rings. The van der Waals surface area contributed by atoms with Crippen molar-refractivity contribution >= 4 is 11.8 Å². The number of aromatic nitrogens is 5. The van der Waals surface area contributed by atoms with Crippen LogP contribution in [0.1, 0.15) is 17.0 Å². The standard InChI is InChI=1S/C19H17N5OS/c1-13-8-9-16(14(2)10-13)24-12-20-23-19(24)26-11-17-21-22-18(25-17)15-6-4-3-5-7-15/h3-10,12H,11H2,1-2H3. The fourth-order valence-corrected chi connectivity index (χ4v) is 3.46. The highest BCUT2D eigenvalue weighted by molar-refractivity contribution is 7.98. The fraction of sp³-hybridized carbons (Fsp3) is 0.158. The zero-order valence-corrected chi connectivity index (χ0v) is 15.3. The first-order chi connectivity index (χ1) is 12.7. The van der Waals surface area contributed by atoms with Gasteiger partial charge in [-0.3, -0.25) is 4.57 Å². The van der Waals surface area contributed by atoms with Crippen molar-refractivity contribution < 1.29 is 4.42 Å². The van der Waals surface area contributed by atoms with E-state index in [4.69, 9.17) is 4.42 Å². The van der Waals surface area contributed by atoms with Crippen molar-refractivity contribution in [1.82, 2.24) is 25.0 Å². The molecule has 0 aliphatic heterocycles. The molecule has 0 amide bonds. The van der Waals surface area contributed by atoms with Gasteiger partial charge in [0, 0.05) is 5.56 Å². The van der Waals surface area contributed by atoms with Gasteiger partial charge in [-0.25, -0.2) is 0 Å².